The summed E-state index contributed by atoms with van der Waals surface area (Å²) in [6.45, 7) is 5.22. The maximum atomic E-state index is 11.4. The minimum absolute atomic E-state index is 0.0575. The Morgan fingerprint density at radius 2 is 2.08 bits per heavy atom. The van der Waals surface area contributed by atoms with Gasteiger partial charge in [0.1, 0.15) is 0 Å². The highest BCUT2D eigenvalue weighted by Crippen LogP contribution is 1.95. The summed E-state index contributed by atoms with van der Waals surface area (Å²) in [4.78, 5) is 13.1. The molecule has 1 atom stereocenters. The second kappa shape index (κ2) is 5.62. The number of nitrogens with two attached hydrogens (primary N) is 1. The molecule has 0 aliphatic rings. The third kappa shape index (κ3) is 2.93. The zero-order valence-corrected chi connectivity index (χ0v) is 7.71. The van der Waals surface area contributed by atoms with Gasteiger partial charge in [0.25, 0.3) is 0 Å². The number of hydrogen-bond donors (Lipinski definition) is 1. The number of rotatable bonds is 4. The van der Waals surface area contributed by atoms with Crippen molar-refractivity contribution in [1.29, 1.82) is 0 Å². The van der Waals surface area contributed by atoms with Crippen molar-refractivity contribution < 1.29 is 4.79 Å². The van der Waals surface area contributed by atoms with Gasteiger partial charge in [-0.2, -0.15) is 0 Å². The first-order valence-electron chi connectivity index (χ1n) is 4.15. The van der Waals surface area contributed by atoms with Crippen molar-refractivity contribution in [3.8, 4) is 12.3 Å². The predicted molar refractivity (Wildman–Crippen MR) is 49.4 cm³/mol. The lowest BCUT2D eigenvalue weighted by molar-refractivity contribution is -0.132. The average Bonchev–Trinajstić information content (AvgIpc) is 2.07. The Morgan fingerprint density at radius 1 is 1.58 bits per heavy atom. The van der Waals surface area contributed by atoms with Crippen LogP contribution in [0, 0.1) is 12.3 Å². The van der Waals surface area contributed by atoms with Crippen LogP contribution in [-0.2, 0) is 4.79 Å². The Balaban J connectivity index is 4.08. The van der Waals surface area contributed by atoms with E-state index in [0.29, 0.717) is 19.5 Å². The zero-order valence-electron chi connectivity index (χ0n) is 7.71. The van der Waals surface area contributed by atoms with Gasteiger partial charge in [-0.15, -0.1) is 12.3 Å². The van der Waals surface area contributed by atoms with E-state index in [1.54, 1.807) is 4.90 Å². The monoisotopic (exact) mass is 168 g/mol. The van der Waals surface area contributed by atoms with Gasteiger partial charge in [0.2, 0.25) is 5.91 Å². The second-order valence-corrected chi connectivity index (χ2v) is 2.53. The molecule has 0 saturated heterocycles. The van der Waals surface area contributed by atoms with E-state index in [9.17, 15) is 4.79 Å². The molecule has 1 amide bonds. The molecule has 0 aromatic heterocycles. The number of carbonyl (C=O) groups is 1. The Kier molecular flexibility index (Phi) is 5.14. The molecule has 3 nitrogen and oxygen atoms in total. The van der Waals surface area contributed by atoms with E-state index in [-0.39, 0.29) is 5.91 Å². The van der Waals surface area contributed by atoms with Crippen LogP contribution in [0.15, 0.2) is 0 Å². The molecule has 0 aliphatic heterocycles. The Bertz CT molecular complexity index is 179. The molecule has 0 aromatic rings. The van der Waals surface area contributed by atoms with Crippen LogP contribution < -0.4 is 5.73 Å². The highest BCUT2D eigenvalue weighted by molar-refractivity contribution is 5.81. The maximum Gasteiger partial charge on any atom is 0.240 e. The normalized spacial score (nSPS) is 11.8. The highest BCUT2D eigenvalue weighted by atomic mass is 16.2. The summed E-state index contributed by atoms with van der Waals surface area (Å²) in [6, 6.07) is -0.533. The van der Waals surface area contributed by atoms with Gasteiger partial charge in [-0.3, -0.25) is 4.79 Å². The van der Waals surface area contributed by atoms with Crippen molar-refractivity contribution >= 4 is 5.91 Å². The molecule has 0 aliphatic carbocycles. The number of hydrogen-bond acceptors (Lipinski definition) is 2. The standard InChI is InChI=1S/C9H16N2O/c1-4-7-8(10)9(12)11(5-2)6-3/h1,8H,5-7,10H2,2-3H3. The molecular formula is C9H16N2O. The third-order valence-electron chi connectivity index (χ3n) is 1.73. The van der Waals surface area contributed by atoms with E-state index in [4.69, 9.17) is 12.2 Å². The minimum Gasteiger partial charge on any atom is -0.342 e. The Labute approximate surface area is 73.9 Å². The van der Waals surface area contributed by atoms with E-state index in [0.717, 1.165) is 0 Å². The summed E-state index contributed by atoms with van der Waals surface area (Å²) >= 11 is 0. The molecule has 68 valence electrons. The van der Waals surface area contributed by atoms with E-state index >= 15 is 0 Å². The Morgan fingerprint density at radius 3 is 2.42 bits per heavy atom. The maximum absolute atomic E-state index is 11.4. The van der Waals surface area contributed by atoms with Crippen LogP contribution in [0.5, 0.6) is 0 Å². The molecule has 0 radical (unpaired) electrons. The van der Waals surface area contributed by atoms with Crippen LogP contribution in [0.3, 0.4) is 0 Å². The Hall–Kier alpha value is -1.01. The van der Waals surface area contributed by atoms with Gasteiger partial charge >= 0.3 is 0 Å². The summed E-state index contributed by atoms with van der Waals surface area (Å²) in [6.07, 6.45) is 5.36. The summed E-state index contributed by atoms with van der Waals surface area (Å²) in [7, 11) is 0. The van der Waals surface area contributed by atoms with Crippen LogP contribution in [0.2, 0.25) is 0 Å². The van der Waals surface area contributed by atoms with Gasteiger partial charge in [0.05, 0.1) is 6.04 Å². The highest BCUT2D eigenvalue weighted by Gasteiger charge is 2.16. The van der Waals surface area contributed by atoms with Crippen LogP contribution in [-0.4, -0.2) is 29.9 Å². The fourth-order valence-electron chi connectivity index (χ4n) is 0.984. The molecule has 2 N–H and O–H groups in total. The SMILES string of the molecule is C#CCC(N)C(=O)N(CC)CC. The van der Waals surface area contributed by atoms with Gasteiger partial charge in [0, 0.05) is 19.5 Å². The van der Waals surface area contributed by atoms with Crippen LogP contribution in [0.1, 0.15) is 20.3 Å². The molecular weight excluding hydrogens is 152 g/mol. The van der Waals surface area contributed by atoms with Crippen molar-refractivity contribution in [3.05, 3.63) is 0 Å². The van der Waals surface area contributed by atoms with Crippen LogP contribution in [0.25, 0.3) is 0 Å². The van der Waals surface area contributed by atoms with Gasteiger partial charge in [-0.05, 0) is 13.8 Å². The second-order valence-electron chi connectivity index (χ2n) is 2.53. The number of carbonyl (C=O) groups excluding carboxylic acids is 1. The molecule has 0 rings (SSSR count). The van der Waals surface area contributed by atoms with Crippen molar-refractivity contribution in [2.75, 3.05) is 13.1 Å². The summed E-state index contributed by atoms with van der Waals surface area (Å²) in [5.74, 6) is 2.32. The number of amides is 1. The van der Waals surface area contributed by atoms with Crippen molar-refractivity contribution in [3.63, 3.8) is 0 Å². The molecule has 12 heavy (non-hydrogen) atoms. The lowest BCUT2D eigenvalue weighted by Gasteiger charge is -2.21. The van der Waals surface area contributed by atoms with Gasteiger partial charge < -0.3 is 10.6 Å². The number of nitrogens with zero attached hydrogens (tertiary/aromatic N) is 1. The van der Waals surface area contributed by atoms with Crippen molar-refractivity contribution in [1.82, 2.24) is 4.90 Å². The van der Waals surface area contributed by atoms with E-state index in [1.807, 2.05) is 13.8 Å². The van der Waals surface area contributed by atoms with Gasteiger partial charge in [-0.1, -0.05) is 0 Å². The van der Waals surface area contributed by atoms with Crippen LogP contribution in [0.4, 0.5) is 0 Å². The third-order valence-corrected chi connectivity index (χ3v) is 1.73. The van der Waals surface area contributed by atoms with Gasteiger partial charge in [0.15, 0.2) is 0 Å². The van der Waals surface area contributed by atoms with E-state index < -0.39 is 6.04 Å². The summed E-state index contributed by atoms with van der Waals surface area (Å²) in [5, 5.41) is 0. The predicted octanol–water partition coefficient (Wildman–Crippen LogP) is 0.205. The molecule has 1 unspecified atom stereocenters. The molecule has 3 heteroatoms. The molecule has 0 heterocycles. The van der Waals surface area contributed by atoms with Crippen molar-refractivity contribution in [2.24, 2.45) is 5.73 Å². The van der Waals surface area contributed by atoms with E-state index in [2.05, 4.69) is 5.92 Å². The first kappa shape index (κ1) is 11.0. The van der Waals surface area contributed by atoms with Gasteiger partial charge in [-0.25, -0.2) is 0 Å². The minimum atomic E-state index is -0.533. The molecule has 0 saturated carbocycles. The van der Waals surface area contributed by atoms with Crippen molar-refractivity contribution in [2.45, 2.75) is 26.3 Å². The molecule has 0 fully saturated rings. The first-order valence-corrected chi connectivity index (χ1v) is 4.15. The molecule has 0 bridgehead atoms. The first-order chi connectivity index (χ1) is 5.67. The lowest BCUT2D eigenvalue weighted by atomic mass is 10.2. The largest absolute Gasteiger partial charge is 0.342 e. The smallest absolute Gasteiger partial charge is 0.240 e. The fraction of sp³-hybridized carbons (Fsp3) is 0.667. The zero-order chi connectivity index (χ0) is 9.56. The topological polar surface area (TPSA) is 46.3 Å². The average molecular weight is 168 g/mol. The number of terminal acetylenes is 1. The van der Waals surface area contributed by atoms with E-state index in [1.165, 1.54) is 0 Å². The lowest BCUT2D eigenvalue weighted by Crippen LogP contribution is -2.43. The summed E-state index contributed by atoms with van der Waals surface area (Å²) in [5.41, 5.74) is 5.55. The molecule has 0 spiro atoms. The summed E-state index contributed by atoms with van der Waals surface area (Å²) < 4.78 is 0. The fourth-order valence-corrected chi connectivity index (χ4v) is 0.984. The van der Waals surface area contributed by atoms with Crippen LogP contribution >= 0.6 is 0 Å². The number of likely N-dealkylation sites (N-methyl/N-ethyl adjacent to an activating group) is 1. The molecule has 0 aromatic carbocycles. The quantitative estimate of drug-likeness (QED) is 0.610.